The normalized spacial score (nSPS) is 15.6. The first-order valence-corrected chi connectivity index (χ1v) is 12.0. The lowest BCUT2D eigenvalue weighted by Crippen LogP contribution is -2.50. The van der Waals surface area contributed by atoms with Gasteiger partial charge in [-0.1, -0.05) is 83.6 Å². The van der Waals surface area contributed by atoms with Gasteiger partial charge in [-0.15, -0.1) is 0 Å². The molecule has 0 radical (unpaired) electrons. The summed E-state index contributed by atoms with van der Waals surface area (Å²) in [6, 6.07) is 4.69. The van der Waals surface area contributed by atoms with Crippen LogP contribution in [-0.2, 0) is 5.41 Å². The molecule has 0 atom stereocenters. The van der Waals surface area contributed by atoms with E-state index in [9.17, 15) is 0 Å². The van der Waals surface area contributed by atoms with Gasteiger partial charge in [0.15, 0.2) is 0 Å². The molecule has 0 aliphatic heterocycles. The minimum absolute atomic E-state index is 0.0402. The zero-order valence-electron chi connectivity index (χ0n) is 17.0. The van der Waals surface area contributed by atoms with Crippen LogP contribution in [0, 0.1) is 6.92 Å². The molecule has 132 valence electrons. The molecule has 0 saturated heterocycles. The summed E-state index contributed by atoms with van der Waals surface area (Å²) in [6.45, 7) is 18.9. The van der Waals surface area contributed by atoms with E-state index in [-0.39, 0.29) is 10.5 Å². The molecular formula is C22H34OSi. The van der Waals surface area contributed by atoms with Crippen LogP contribution in [0.5, 0.6) is 5.75 Å². The van der Waals surface area contributed by atoms with Crippen LogP contribution in [-0.4, -0.2) is 15.2 Å². The maximum Gasteiger partial charge on any atom is 0.122 e. The first-order chi connectivity index (χ1) is 10.9. The molecule has 0 spiro atoms. The smallest absolute Gasteiger partial charge is 0.122 e. The van der Waals surface area contributed by atoms with E-state index in [1.54, 1.807) is 0 Å². The zero-order valence-corrected chi connectivity index (χ0v) is 18.0. The Morgan fingerprint density at radius 1 is 1.04 bits per heavy atom. The van der Waals surface area contributed by atoms with Gasteiger partial charge in [0.25, 0.3) is 0 Å². The highest BCUT2D eigenvalue weighted by Crippen LogP contribution is 2.43. The van der Waals surface area contributed by atoms with E-state index in [4.69, 9.17) is 4.74 Å². The molecule has 0 amide bonds. The van der Waals surface area contributed by atoms with Crippen LogP contribution in [0.3, 0.4) is 0 Å². The standard InChI is InChI=1S/C22H34OSi/c1-16-14-18(22(5,6)17-12-10-11-13-17)20(23-7)19(15-16)24(8,9)21(2,3)4/h10,12-15H,11H2,1-9H3. The van der Waals surface area contributed by atoms with E-state index < -0.39 is 8.07 Å². The molecule has 0 unspecified atom stereocenters. The Morgan fingerprint density at radius 3 is 2.12 bits per heavy atom. The second-order valence-electron chi connectivity index (χ2n) is 9.19. The zero-order chi connectivity index (χ0) is 18.3. The average Bonchev–Trinajstić information content (AvgIpc) is 3.00. The van der Waals surface area contributed by atoms with Gasteiger partial charge in [0, 0.05) is 11.0 Å². The summed E-state index contributed by atoms with van der Waals surface area (Å²) in [5.74, 6) is 1.11. The molecule has 24 heavy (non-hydrogen) atoms. The maximum absolute atomic E-state index is 6.04. The maximum atomic E-state index is 6.04. The number of hydrogen-bond acceptors (Lipinski definition) is 1. The fourth-order valence-electron chi connectivity index (χ4n) is 3.40. The molecule has 1 aromatic rings. The van der Waals surface area contributed by atoms with E-state index in [1.165, 1.54) is 21.9 Å². The van der Waals surface area contributed by atoms with Crippen molar-refractivity contribution >= 4 is 13.3 Å². The van der Waals surface area contributed by atoms with Gasteiger partial charge < -0.3 is 4.74 Å². The van der Waals surface area contributed by atoms with Gasteiger partial charge >= 0.3 is 0 Å². The lowest BCUT2D eigenvalue weighted by Gasteiger charge is -2.40. The van der Waals surface area contributed by atoms with E-state index in [0.717, 1.165) is 12.2 Å². The van der Waals surface area contributed by atoms with Gasteiger partial charge in [-0.25, -0.2) is 0 Å². The Labute approximate surface area is 149 Å². The highest BCUT2D eigenvalue weighted by molar-refractivity contribution is 6.92. The number of hydrogen-bond donors (Lipinski definition) is 0. The summed E-state index contributed by atoms with van der Waals surface area (Å²) in [6.07, 6.45) is 7.90. The van der Waals surface area contributed by atoms with Crippen LogP contribution in [0.25, 0.3) is 0 Å². The quantitative estimate of drug-likeness (QED) is 0.621. The van der Waals surface area contributed by atoms with Crippen LogP contribution < -0.4 is 9.92 Å². The van der Waals surface area contributed by atoms with Crippen molar-refractivity contribution < 1.29 is 4.74 Å². The molecule has 0 N–H and O–H groups in total. The van der Waals surface area contributed by atoms with Gasteiger partial charge in [0.2, 0.25) is 0 Å². The number of rotatable bonds is 4. The van der Waals surface area contributed by atoms with Crippen LogP contribution >= 0.6 is 0 Å². The lowest BCUT2D eigenvalue weighted by atomic mass is 9.77. The van der Waals surface area contributed by atoms with E-state index in [1.807, 2.05) is 7.11 Å². The highest BCUT2D eigenvalue weighted by Gasteiger charge is 2.41. The SMILES string of the molecule is COc1c(C(C)(C)C2=CCC=C2)cc(C)cc1[Si](C)(C)C(C)(C)C. The molecule has 0 aromatic heterocycles. The number of allylic oxidation sites excluding steroid dienone is 4. The Kier molecular flexibility index (Phi) is 4.93. The summed E-state index contributed by atoms with van der Waals surface area (Å²) >= 11 is 0. The average molecular weight is 343 g/mol. The van der Waals surface area contributed by atoms with Crippen molar-refractivity contribution in [3.63, 3.8) is 0 Å². The first-order valence-electron chi connectivity index (χ1n) is 8.99. The highest BCUT2D eigenvalue weighted by atomic mass is 28.3. The molecule has 2 rings (SSSR count). The number of ether oxygens (including phenoxy) is 1. The Morgan fingerprint density at radius 2 is 1.67 bits per heavy atom. The fraction of sp³-hybridized carbons (Fsp3) is 0.545. The lowest BCUT2D eigenvalue weighted by molar-refractivity contribution is 0.403. The summed E-state index contributed by atoms with van der Waals surface area (Å²) in [7, 11) is 0.143. The number of benzene rings is 1. The third-order valence-electron chi connectivity index (χ3n) is 6.15. The predicted octanol–water partition coefficient (Wildman–Crippen LogP) is 5.88. The second-order valence-corrected chi connectivity index (χ2v) is 14.5. The second kappa shape index (κ2) is 6.22. The van der Waals surface area contributed by atoms with Gasteiger partial charge in [-0.2, -0.15) is 0 Å². The van der Waals surface area contributed by atoms with Crippen molar-refractivity contribution in [2.45, 2.75) is 71.5 Å². The van der Waals surface area contributed by atoms with Crippen LogP contribution in [0.4, 0.5) is 0 Å². The third kappa shape index (κ3) is 3.13. The van der Waals surface area contributed by atoms with Crippen molar-refractivity contribution in [1.82, 2.24) is 0 Å². The summed E-state index contributed by atoms with van der Waals surface area (Å²) in [4.78, 5) is 0. The first kappa shape index (κ1) is 19.0. The molecule has 0 saturated carbocycles. The van der Waals surface area contributed by atoms with E-state index in [0.29, 0.717) is 0 Å². The van der Waals surface area contributed by atoms with Gasteiger partial charge in [0.05, 0.1) is 15.2 Å². The Hall–Kier alpha value is -1.28. The minimum Gasteiger partial charge on any atom is -0.497 e. The predicted molar refractivity (Wildman–Crippen MR) is 109 cm³/mol. The van der Waals surface area contributed by atoms with Crippen molar-refractivity contribution in [2.24, 2.45) is 0 Å². The number of aryl methyl sites for hydroxylation is 1. The van der Waals surface area contributed by atoms with Crippen LogP contribution in [0.15, 0.2) is 35.9 Å². The number of methoxy groups -OCH3 is 1. The molecular weight excluding hydrogens is 308 g/mol. The van der Waals surface area contributed by atoms with Gasteiger partial charge in [-0.3, -0.25) is 0 Å². The van der Waals surface area contributed by atoms with Crippen LogP contribution in [0.2, 0.25) is 18.1 Å². The van der Waals surface area contributed by atoms with Crippen molar-refractivity contribution in [2.75, 3.05) is 7.11 Å². The van der Waals surface area contributed by atoms with Gasteiger partial charge in [-0.05, 0) is 29.1 Å². The summed E-state index contributed by atoms with van der Waals surface area (Å²) in [5, 5.41) is 1.73. The summed E-state index contributed by atoms with van der Waals surface area (Å²) < 4.78 is 6.04. The molecule has 1 aliphatic carbocycles. The van der Waals surface area contributed by atoms with Crippen LogP contribution in [0.1, 0.15) is 52.2 Å². The van der Waals surface area contributed by atoms with Gasteiger partial charge in [0.1, 0.15) is 5.75 Å². The van der Waals surface area contributed by atoms with E-state index >= 15 is 0 Å². The molecule has 0 bridgehead atoms. The molecule has 1 nitrogen and oxygen atoms in total. The third-order valence-corrected chi connectivity index (χ3v) is 11.6. The summed E-state index contributed by atoms with van der Waals surface area (Å²) in [5.41, 5.74) is 4.01. The molecule has 0 fully saturated rings. The largest absolute Gasteiger partial charge is 0.497 e. The topological polar surface area (TPSA) is 9.23 Å². The van der Waals surface area contributed by atoms with E-state index in [2.05, 4.69) is 85.0 Å². The molecule has 1 aromatic carbocycles. The van der Waals surface area contributed by atoms with Crippen molar-refractivity contribution in [1.29, 1.82) is 0 Å². The monoisotopic (exact) mass is 342 g/mol. The van der Waals surface area contributed by atoms with Crippen molar-refractivity contribution in [3.8, 4) is 5.75 Å². The van der Waals surface area contributed by atoms with Crippen molar-refractivity contribution in [3.05, 3.63) is 47.1 Å². The Balaban J connectivity index is 2.74. The molecule has 2 heteroatoms. The molecule has 0 heterocycles. The fourth-order valence-corrected chi connectivity index (χ4v) is 5.60. The minimum atomic E-state index is -1.69. The Bertz CT molecular complexity index is 685. The molecule has 1 aliphatic rings.